The van der Waals surface area contributed by atoms with Crippen molar-refractivity contribution >= 4 is 33.9 Å². The molecule has 5 heteroatoms. The summed E-state index contributed by atoms with van der Waals surface area (Å²) in [7, 11) is 0. The fourth-order valence-corrected chi connectivity index (χ4v) is 2.89. The lowest BCUT2D eigenvalue weighted by molar-refractivity contribution is 0.702. The summed E-state index contributed by atoms with van der Waals surface area (Å²) < 4.78 is 3.15. The number of rotatable bonds is 5. The monoisotopic (exact) mass is 406 g/mol. The maximum Gasteiger partial charge on any atom is 0.152 e. The standard InChI is InChI=1S/C17H19IN4/c1-12-11-20-22-10-9-19-17(16(12)22)21-13(2)3-4-14-5-7-15(18)8-6-14/h5-11,13H,3-4H2,1-2H3,(H,19,21). The highest BCUT2D eigenvalue weighted by Gasteiger charge is 2.10. The van der Waals surface area contributed by atoms with Crippen molar-refractivity contribution in [2.75, 3.05) is 5.32 Å². The predicted molar refractivity (Wildman–Crippen MR) is 98.3 cm³/mol. The molecule has 2 heterocycles. The lowest BCUT2D eigenvalue weighted by Gasteiger charge is -2.15. The SMILES string of the molecule is Cc1cnn2ccnc(NC(C)CCc3ccc(I)cc3)c12. The van der Waals surface area contributed by atoms with Gasteiger partial charge in [-0.3, -0.25) is 0 Å². The third-order valence-corrected chi connectivity index (χ3v) is 4.50. The molecule has 4 nitrogen and oxygen atoms in total. The minimum atomic E-state index is 0.354. The summed E-state index contributed by atoms with van der Waals surface area (Å²) in [6.45, 7) is 4.26. The van der Waals surface area contributed by atoms with E-state index >= 15 is 0 Å². The van der Waals surface area contributed by atoms with Gasteiger partial charge in [-0.15, -0.1) is 0 Å². The topological polar surface area (TPSA) is 42.2 Å². The van der Waals surface area contributed by atoms with E-state index in [1.54, 1.807) is 6.20 Å². The maximum atomic E-state index is 4.47. The molecule has 0 saturated carbocycles. The first-order chi connectivity index (χ1) is 10.6. The Balaban J connectivity index is 1.67. The molecule has 3 rings (SSSR count). The number of hydrogen-bond acceptors (Lipinski definition) is 3. The van der Waals surface area contributed by atoms with Crippen molar-refractivity contribution in [1.29, 1.82) is 0 Å². The fraction of sp³-hybridized carbons (Fsp3) is 0.294. The predicted octanol–water partition coefficient (Wildman–Crippen LogP) is 4.08. The third-order valence-electron chi connectivity index (χ3n) is 3.78. The molecule has 2 aromatic heterocycles. The summed E-state index contributed by atoms with van der Waals surface area (Å²) in [5, 5.41) is 7.84. The fourth-order valence-electron chi connectivity index (χ4n) is 2.53. The van der Waals surface area contributed by atoms with Gasteiger partial charge >= 0.3 is 0 Å². The van der Waals surface area contributed by atoms with Crippen LogP contribution < -0.4 is 5.32 Å². The summed E-state index contributed by atoms with van der Waals surface area (Å²) in [5.41, 5.74) is 3.57. The number of nitrogens with zero attached hydrogens (tertiary/aromatic N) is 3. The molecule has 0 bridgehead atoms. The van der Waals surface area contributed by atoms with Crippen molar-refractivity contribution in [3.05, 3.63) is 57.6 Å². The molecule has 1 N–H and O–H groups in total. The van der Waals surface area contributed by atoms with Crippen LogP contribution in [0.2, 0.25) is 0 Å². The Kier molecular flexibility index (Phi) is 4.61. The molecule has 114 valence electrons. The van der Waals surface area contributed by atoms with Crippen molar-refractivity contribution in [3.8, 4) is 0 Å². The van der Waals surface area contributed by atoms with Crippen LogP contribution in [0.4, 0.5) is 5.82 Å². The van der Waals surface area contributed by atoms with Crippen LogP contribution >= 0.6 is 22.6 Å². The Hall–Kier alpha value is -1.63. The summed E-state index contributed by atoms with van der Waals surface area (Å²) in [6.07, 6.45) is 7.67. The van der Waals surface area contributed by atoms with Gasteiger partial charge in [0.25, 0.3) is 0 Å². The molecule has 1 atom stereocenters. The van der Waals surface area contributed by atoms with Gasteiger partial charge in [0.15, 0.2) is 5.82 Å². The zero-order valence-electron chi connectivity index (χ0n) is 12.8. The average Bonchev–Trinajstić information content (AvgIpc) is 2.89. The van der Waals surface area contributed by atoms with E-state index < -0.39 is 0 Å². The number of aryl methyl sites for hydroxylation is 2. The summed E-state index contributed by atoms with van der Waals surface area (Å²) in [5.74, 6) is 0.910. The molecule has 1 unspecified atom stereocenters. The smallest absolute Gasteiger partial charge is 0.152 e. The Morgan fingerprint density at radius 1 is 1.27 bits per heavy atom. The van der Waals surface area contributed by atoms with Gasteiger partial charge in [-0.2, -0.15) is 5.10 Å². The minimum absolute atomic E-state index is 0.354. The average molecular weight is 406 g/mol. The quantitative estimate of drug-likeness (QED) is 0.650. The minimum Gasteiger partial charge on any atom is -0.366 e. The Labute approximate surface area is 144 Å². The Morgan fingerprint density at radius 3 is 2.82 bits per heavy atom. The zero-order valence-corrected chi connectivity index (χ0v) is 14.9. The van der Waals surface area contributed by atoms with Crippen LogP contribution in [-0.4, -0.2) is 20.6 Å². The molecule has 0 spiro atoms. The molecule has 1 aromatic carbocycles. The van der Waals surface area contributed by atoms with Crippen LogP contribution in [-0.2, 0) is 6.42 Å². The summed E-state index contributed by atoms with van der Waals surface area (Å²) >= 11 is 2.33. The van der Waals surface area contributed by atoms with Gasteiger partial charge in [0, 0.05) is 22.0 Å². The van der Waals surface area contributed by atoms with E-state index in [2.05, 4.69) is 76.1 Å². The van der Waals surface area contributed by atoms with E-state index in [1.807, 2.05) is 16.9 Å². The first-order valence-electron chi connectivity index (χ1n) is 7.43. The normalized spacial score (nSPS) is 12.5. The van der Waals surface area contributed by atoms with Gasteiger partial charge in [-0.1, -0.05) is 12.1 Å². The van der Waals surface area contributed by atoms with Crippen LogP contribution in [0, 0.1) is 10.5 Å². The second-order valence-electron chi connectivity index (χ2n) is 5.61. The lowest BCUT2D eigenvalue weighted by atomic mass is 10.1. The van der Waals surface area contributed by atoms with Gasteiger partial charge in [-0.25, -0.2) is 9.50 Å². The number of halogens is 1. The molecule has 0 aliphatic carbocycles. The molecule has 0 aliphatic rings. The molecule has 0 fully saturated rings. The number of aromatic nitrogens is 3. The largest absolute Gasteiger partial charge is 0.366 e. The van der Waals surface area contributed by atoms with E-state index in [9.17, 15) is 0 Å². The molecule has 0 radical (unpaired) electrons. The molecule has 22 heavy (non-hydrogen) atoms. The molecular weight excluding hydrogens is 387 g/mol. The van der Waals surface area contributed by atoms with Crippen LogP contribution in [0.25, 0.3) is 5.52 Å². The first kappa shape index (κ1) is 15.3. The second-order valence-corrected chi connectivity index (χ2v) is 6.85. The van der Waals surface area contributed by atoms with Crippen LogP contribution in [0.15, 0.2) is 42.9 Å². The van der Waals surface area contributed by atoms with Crippen molar-refractivity contribution in [2.45, 2.75) is 32.7 Å². The van der Waals surface area contributed by atoms with Crippen LogP contribution in [0.5, 0.6) is 0 Å². The first-order valence-corrected chi connectivity index (χ1v) is 8.51. The van der Waals surface area contributed by atoms with E-state index in [0.717, 1.165) is 29.7 Å². The highest BCUT2D eigenvalue weighted by atomic mass is 127. The molecular formula is C17H19IN4. The van der Waals surface area contributed by atoms with E-state index in [1.165, 1.54) is 9.13 Å². The van der Waals surface area contributed by atoms with Crippen LogP contribution in [0.3, 0.4) is 0 Å². The second kappa shape index (κ2) is 6.64. The summed E-state index contributed by atoms with van der Waals surface area (Å²) in [4.78, 5) is 4.47. The third kappa shape index (κ3) is 3.40. The van der Waals surface area contributed by atoms with Gasteiger partial charge in [0.1, 0.15) is 5.52 Å². The number of hydrogen-bond donors (Lipinski definition) is 1. The lowest BCUT2D eigenvalue weighted by Crippen LogP contribution is -2.17. The highest BCUT2D eigenvalue weighted by molar-refractivity contribution is 14.1. The van der Waals surface area contributed by atoms with Gasteiger partial charge in [-0.05, 0) is 72.5 Å². The summed E-state index contributed by atoms with van der Waals surface area (Å²) in [6, 6.07) is 9.08. The number of nitrogens with one attached hydrogen (secondary N) is 1. The maximum absolute atomic E-state index is 4.47. The van der Waals surface area contributed by atoms with E-state index in [4.69, 9.17) is 0 Å². The Morgan fingerprint density at radius 2 is 2.05 bits per heavy atom. The van der Waals surface area contributed by atoms with E-state index in [-0.39, 0.29) is 0 Å². The molecule has 0 amide bonds. The highest BCUT2D eigenvalue weighted by Crippen LogP contribution is 2.19. The molecule has 0 aliphatic heterocycles. The van der Waals surface area contributed by atoms with Crippen molar-refractivity contribution in [3.63, 3.8) is 0 Å². The van der Waals surface area contributed by atoms with Gasteiger partial charge in [0.2, 0.25) is 0 Å². The van der Waals surface area contributed by atoms with Crippen molar-refractivity contribution in [1.82, 2.24) is 14.6 Å². The number of anilines is 1. The van der Waals surface area contributed by atoms with Gasteiger partial charge < -0.3 is 5.32 Å². The van der Waals surface area contributed by atoms with Crippen molar-refractivity contribution in [2.24, 2.45) is 0 Å². The Bertz CT molecular complexity index is 764. The van der Waals surface area contributed by atoms with E-state index in [0.29, 0.717) is 6.04 Å². The van der Waals surface area contributed by atoms with Gasteiger partial charge in [0.05, 0.1) is 6.20 Å². The zero-order chi connectivity index (χ0) is 15.5. The number of fused-ring (bicyclic) bond motifs is 1. The molecule has 0 saturated heterocycles. The van der Waals surface area contributed by atoms with Crippen LogP contribution in [0.1, 0.15) is 24.5 Å². The molecule has 3 aromatic rings. The number of benzene rings is 1. The van der Waals surface area contributed by atoms with Crippen molar-refractivity contribution < 1.29 is 0 Å².